The average Bonchev–Trinajstić information content (AvgIpc) is 2.84. The van der Waals surface area contributed by atoms with Gasteiger partial charge in [0.25, 0.3) is 0 Å². The van der Waals surface area contributed by atoms with E-state index in [-0.39, 0.29) is 17.5 Å². The molecule has 2 unspecified atom stereocenters. The second kappa shape index (κ2) is 6.01. The molecule has 24 heavy (non-hydrogen) atoms. The summed E-state index contributed by atoms with van der Waals surface area (Å²) in [6.07, 6.45) is 2.18. The normalized spacial score (nSPS) is 22.1. The molecule has 3 N–H and O–H groups in total. The van der Waals surface area contributed by atoms with E-state index in [2.05, 4.69) is 58.4 Å². The van der Waals surface area contributed by atoms with Crippen molar-refractivity contribution in [2.45, 2.75) is 45.7 Å². The molecule has 3 heterocycles. The molecule has 2 atom stereocenters. The Labute approximate surface area is 153 Å². The molecule has 9 heteroatoms. The van der Waals surface area contributed by atoms with Crippen molar-refractivity contribution in [3.8, 4) is 0 Å². The number of nitrogens with two attached hydrogens (primary N) is 1. The van der Waals surface area contributed by atoms with Crippen molar-refractivity contribution in [3.63, 3.8) is 0 Å². The Hall–Kier alpha value is -1.65. The molecule has 0 saturated carbocycles. The van der Waals surface area contributed by atoms with Gasteiger partial charge in [0.1, 0.15) is 15.8 Å². The Balaban J connectivity index is 2.16. The van der Waals surface area contributed by atoms with Crippen LogP contribution in [0.25, 0.3) is 11.0 Å². The first-order chi connectivity index (χ1) is 11.2. The van der Waals surface area contributed by atoms with Crippen molar-refractivity contribution in [2.75, 3.05) is 12.3 Å². The molecule has 2 aromatic rings. The highest BCUT2D eigenvalue weighted by molar-refractivity contribution is 14.1. The van der Waals surface area contributed by atoms with Crippen molar-refractivity contribution in [3.05, 3.63) is 10.0 Å². The lowest BCUT2D eigenvalue weighted by Gasteiger charge is -2.46. The molecule has 0 radical (unpaired) electrons. The van der Waals surface area contributed by atoms with E-state index in [0.717, 1.165) is 21.9 Å². The minimum Gasteiger partial charge on any atom is -0.465 e. The number of likely N-dealkylation sites (tertiary alicyclic amines) is 1. The van der Waals surface area contributed by atoms with Gasteiger partial charge in [-0.05, 0) is 40.8 Å². The quantitative estimate of drug-likeness (QED) is 0.655. The molecule has 1 saturated heterocycles. The highest BCUT2D eigenvalue weighted by Crippen LogP contribution is 2.40. The Morgan fingerprint density at radius 3 is 2.75 bits per heavy atom. The predicted molar refractivity (Wildman–Crippen MR) is 98.7 cm³/mol. The summed E-state index contributed by atoms with van der Waals surface area (Å²) in [7, 11) is 0. The fraction of sp³-hybridized carbons (Fsp3) is 0.600. The van der Waals surface area contributed by atoms with Crippen molar-refractivity contribution in [1.82, 2.24) is 24.6 Å². The van der Waals surface area contributed by atoms with E-state index in [0.29, 0.717) is 18.0 Å². The lowest BCUT2D eigenvalue weighted by Crippen LogP contribution is -2.54. The zero-order valence-electron chi connectivity index (χ0n) is 13.9. The molecule has 130 valence electrons. The van der Waals surface area contributed by atoms with Crippen molar-refractivity contribution in [2.24, 2.45) is 5.41 Å². The highest BCUT2D eigenvalue weighted by Gasteiger charge is 2.43. The zero-order chi connectivity index (χ0) is 17.6. The van der Waals surface area contributed by atoms with Gasteiger partial charge < -0.3 is 15.7 Å². The fourth-order valence-electron chi connectivity index (χ4n) is 3.67. The third kappa shape index (κ3) is 2.78. The van der Waals surface area contributed by atoms with Gasteiger partial charge in [0, 0.05) is 6.54 Å². The fourth-order valence-corrected chi connectivity index (χ4v) is 4.42. The van der Waals surface area contributed by atoms with Crippen molar-refractivity contribution < 1.29 is 9.90 Å². The Kier molecular flexibility index (Phi) is 4.30. The van der Waals surface area contributed by atoms with Gasteiger partial charge in [-0.15, -0.1) is 0 Å². The van der Waals surface area contributed by atoms with Gasteiger partial charge in [-0.25, -0.2) is 19.4 Å². The smallest absolute Gasteiger partial charge is 0.407 e. The number of amides is 1. The van der Waals surface area contributed by atoms with Crippen LogP contribution in [0.4, 0.5) is 10.6 Å². The van der Waals surface area contributed by atoms with E-state index >= 15 is 0 Å². The van der Waals surface area contributed by atoms with Crippen LogP contribution >= 0.6 is 22.6 Å². The molecule has 1 amide bonds. The van der Waals surface area contributed by atoms with Gasteiger partial charge in [0.2, 0.25) is 0 Å². The van der Waals surface area contributed by atoms with Crippen LogP contribution in [0, 0.1) is 9.12 Å². The number of hydrogen-bond acceptors (Lipinski definition) is 5. The van der Waals surface area contributed by atoms with Crippen LogP contribution in [-0.4, -0.2) is 48.4 Å². The second-order valence-corrected chi connectivity index (χ2v) is 8.21. The molecule has 3 rings (SSSR count). The molecule has 1 aliphatic heterocycles. The summed E-state index contributed by atoms with van der Waals surface area (Å²) in [6, 6.07) is -0.283. The van der Waals surface area contributed by atoms with Gasteiger partial charge in [0.15, 0.2) is 5.65 Å². The number of fused-ring (bicyclic) bond motifs is 1. The number of carboxylic acid groups (broad SMARTS) is 1. The number of nitrogens with zero attached hydrogens (tertiary/aromatic N) is 5. The van der Waals surface area contributed by atoms with E-state index in [9.17, 15) is 9.90 Å². The van der Waals surface area contributed by atoms with Crippen LogP contribution in [0.2, 0.25) is 0 Å². The van der Waals surface area contributed by atoms with Crippen molar-refractivity contribution >= 4 is 45.5 Å². The number of halogens is 1. The molecule has 0 aliphatic carbocycles. The average molecular weight is 444 g/mol. The molecular weight excluding hydrogens is 423 g/mol. The highest BCUT2D eigenvalue weighted by atomic mass is 127. The van der Waals surface area contributed by atoms with Gasteiger partial charge in [0.05, 0.1) is 17.5 Å². The van der Waals surface area contributed by atoms with E-state index in [1.807, 2.05) is 4.68 Å². The van der Waals surface area contributed by atoms with Gasteiger partial charge >= 0.3 is 6.09 Å². The first-order valence-corrected chi connectivity index (χ1v) is 8.93. The van der Waals surface area contributed by atoms with Crippen molar-refractivity contribution in [1.29, 1.82) is 0 Å². The maximum Gasteiger partial charge on any atom is 0.407 e. The van der Waals surface area contributed by atoms with E-state index < -0.39 is 6.09 Å². The summed E-state index contributed by atoms with van der Waals surface area (Å²) in [5.74, 6) is 0.397. The largest absolute Gasteiger partial charge is 0.465 e. The van der Waals surface area contributed by atoms with E-state index in [1.165, 1.54) is 6.33 Å². The van der Waals surface area contributed by atoms with Gasteiger partial charge in [-0.2, -0.15) is 5.10 Å². The Morgan fingerprint density at radius 1 is 1.42 bits per heavy atom. The number of hydrogen-bond donors (Lipinski definition) is 2. The Bertz CT molecular complexity index is 784. The predicted octanol–water partition coefficient (Wildman–Crippen LogP) is 2.74. The molecule has 0 aromatic carbocycles. The molecule has 0 bridgehead atoms. The topological polar surface area (TPSA) is 110 Å². The Morgan fingerprint density at radius 2 is 2.12 bits per heavy atom. The molecular formula is C15H21IN6O2. The first-order valence-electron chi connectivity index (χ1n) is 7.85. The standard InChI is InChI=1S/C15H21IN6O2/c1-15(2,3)10-8(5-4-6-21(10)14(23)24)22-13-9(11(16)20-22)12(17)18-7-19-13/h7-8,10H,4-6H2,1-3H3,(H,23,24)(H2,17,18,19). The number of anilines is 1. The van der Waals surface area contributed by atoms with Crippen LogP contribution in [0.1, 0.15) is 39.7 Å². The number of rotatable bonds is 1. The van der Waals surface area contributed by atoms with Gasteiger partial charge in [-0.3, -0.25) is 0 Å². The van der Waals surface area contributed by atoms with Crippen LogP contribution < -0.4 is 5.73 Å². The summed E-state index contributed by atoms with van der Waals surface area (Å²) in [5.41, 5.74) is 6.42. The molecule has 0 spiro atoms. The summed E-state index contributed by atoms with van der Waals surface area (Å²) < 4.78 is 2.58. The minimum absolute atomic E-state index is 0.0878. The molecule has 1 fully saturated rings. The maximum atomic E-state index is 11.8. The first kappa shape index (κ1) is 17.2. The van der Waals surface area contributed by atoms with Crippen LogP contribution in [0.3, 0.4) is 0 Å². The number of aromatic nitrogens is 4. The summed E-state index contributed by atoms with van der Waals surface area (Å²) >= 11 is 2.13. The lowest BCUT2D eigenvalue weighted by molar-refractivity contribution is 0.0247. The maximum absolute atomic E-state index is 11.8. The van der Waals surface area contributed by atoms with Gasteiger partial charge in [-0.1, -0.05) is 20.8 Å². The number of nitrogen functional groups attached to an aromatic ring is 1. The number of piperidine rings is 1. The van der Waals surface area contributed by atoms with E-state index in [4.69, 9.17) is 5.73 Å². The summed E-state index contributed by atoms with van der Waals surface area (Å²) in [4.78, 5) is 21.7. The third-order valence-electron chi connectivity index (χ3n) is 4.52. The zero-order valence-corrected chi connectivity index (χ0v) is 16.1. The lowest BCUT2D eigenvalue weighted by atomic mass is 9.77. The molecule has 8 nitrogen and oxygen atoms in total. The molecule has 1 aliphatic rings. The summed E-state index contributed by atoms with van der Waals surface area (Å²) in [5, 5.41) is 15.0. The SMILES string of the molecule is CC(C)(C)C1C(n2nc(I)c3c(N)ncnc32)CCCN1C(=O)O. The third-order valence-corrected chi connectivity index (χ3v) is 5.28. The molecule has 2 aromatic heterocycles. The monoisotopic (exact) mass is 444 g/mol. The second-order valence-electron chi connectivity index (χ2n) is 7.19. The van der Waals surface area contributed by atoms with Crippen LogP contribution in [-0.2, 0) is 0 Å². The van der Waals surface area contributed by atoms with E-state index in [1.54, 1.807) is 4.90 Å². The minimum atomic E-state index is -0.889. The van der Waals surface area contributed by atoms with Crippen LogP contribution in [0.5, 0.6) is 0 Å². The number of carbonyl (C=O) groups is 1. The summed E-state index contributed by atoms with van der Waals surface area (Å²) in [6.45, 7) is 6.73. The van der Waals surface area contributed by atoms with Crippen LogP contribution in [0.15, 0.2) is 6.33 Å².